The van der Waals surface area contributed by atoms with Crippen LogP contribution in [0.5, 0.6) is 0 Å². The van der Waals surface area contributed by atoms with Crippen LogP contribution >= 0.6 is 23.5 Å². The number of phosphoric ester groups is 1. The van der Waals surface area contributed by atoms with Crippen LogP contribution in [0.15, 0.2) is 0 Å². The maximum atomic E-state index is 13.0. The molecule has 0 bridgehead atoms. The second-order valence-electron chi connectivity index (χ2n) is 6.99. The predicted octanol–water partition coefficient (Wildman–Crippen LogP) is 5.79. The van der Waals surface area contributed by atoms with Crippen molar-refractivity contribution in [2.24, 2.45) is 11.8 Å². The Labute approximate surface area is 208 Å². The summed E-state index contributed by atoms with van der Waals surface area (Å²) in [6.45, 7) is 7.84. The molecule has 30 heavy (non-hydrogen) atoms. The normalized spacial score (nSPS) is 18.1. The first-order valence-electron chi connectivity index (χ1n) is 10.1. The van der Waals surface area contributed by atoms with Crippen molar-refractivity contribution in [1.29, 1.82) is 0 Å². The van der Waals surface area contributed by atoms with E-state index in [-0.39, 0.29) is 60.6 Å². The van der Waals surface area contributed by atoms with Crippen molar-refractivity contribution in [2.45, 2.75) is 79.1 Å². The van der Waals surface area contributed by atoms with Gasteiger partial charge in [0.05, 0.1) is 13.2 Å². The molecule has 0 fully saturated rings. The molecule has 0 heterocycles. The third kappa shape index (κ3) is 17.1. The van der Waals surface area contributed by atoms with Crippen LogP contribution < -0.4 is 0 Å². The van der Waals surface area contributed by atoms with Crippen LogP contribution in [0.4, 0.5) is 0 Å². The quantitative estimate of drug-likeness (QED) is 0.161. The van der Waals surface area contributed by atoms with Gasteiger partial charge in [-0.05, 0) is 24.7 Å². The summed E-state index contributed by atoms with van der Waals surface area (Å²) in [4.78, 5) is 27.1. The van der Waals surface area contributed by atoms with E-state index in [4.69, 9.17) is 18.8 Å². The Morgan fingerprint density at radius 1 is 0.733 bits per heavy atom. The molecule has 0 aromatic rings. The zero-order valence-corrected chi connectivity index (χ0v) is 24.7. The van der Waals surface area contributed by atoms with Gasteiger partial charge in [-0.2, -0.15) is 8.62 Å². The molecule has 3 unspecified atom stereocenters. The monoisotopic (exact) mass is 621 g/mol. The largest absolute Gasteiger partial charge is 0.490 e. The van der Waals surface area contributed by atoms with E-state index < -0.39 is 23.5 Å². The fraction of sp³-hybridized carbons (Fsp3) is 1.00. The average molecular weight is 621 g/mol. The molecule has 179 valence electrons. The molecule has 0 saturated carbocycles. The minimum absolute atomic E-state index is 0. The molecule has 0 aromatic carbocycles. The number of rotatable bonds is 18. The molecule has 0 aliphatic rings. The van der Waals surface area contributed by atoms with Crippen molar-refractivity contribution < 1.29 is 81.6 Å². The summed E-state index contributed by atoms with van der Waals surface area (Å²) in [5, 5.41) is 0. The first-order chi connectivity index (χ1) is 13.4. The van der Waals surface area contributed by atoms with Crippen LogP contribution in [0.25, 0.3) is 0 Å². The molecular formula is C16H37LaO10P3. The Kier molecular flexibility index (Phi) is 19.3. The van der Waals surface area contributed by atoms with Crippen molar-refractivity contribution in [1.82, 2.24) is 0 Å². The second-order valence-corrected chi connectivity index (χ2v) is 11.6. The molecule has 1 radical (unpaired) electrons. The Hall–Kier alpha value is 1.60. The van der Waals surface area contributed by atoms with E-state index in [9.17, 15) is 18.6 Å². The fourth-order valence-corrected chi connectivity index (χ4v) is 6.26. The third-order valence-electron chi connectivity index (χ3n) is 4.44. The van der Waals surface area contributed by atoms with Crippen LogP contribution in [-0.4, -0.2) is 27.9 Å². The standard InChI is InChI=1S/C16H37O10P3.La/c1-5-9-11-15(7-3)13-23-29(22,24-14-16(8-4)12-10-6-2)26-28(20,21)25-27(17,18)19;/h15-16H,5-14H2,1-4H3,(H,20,21)(H2,17,18,19);. The first-order valence-corrected chi connectivity index (χ1v) is 14.6. The third-order valence-corrected chi connectivity index (χ3v) is 8.67. The summed E-state index contributed by atoms with van der Waals surface area (Å²) in [6.07, 6.45) is 6.87. The van der Waals surface area contributed by atoms with Gasteiger partial charge in [0.25, 0.3) is 0 Å². The Bertz CT molecular complexity index is 562. The zero-order chi connectivity index (χ0) is 22.6. The summed E-state index contributed by atoms with van der Waals surface area (Å²) < 4.78 is 54.6. The van der Waals surface area contributed by atoms with Crippen molar-refractivity contribution >= 4 is 23.5 Å². The van der Waals surface area contributed by atoms with Crippen LogP contribution in [0, 0.1) is 47.4 Å². The van der Waals surface area contributed by atoms with Gasteiger partial charge in [-0.15, -0.1) is 0 Å². The van der Waals surface area contributed by atoms with E-state index in [2.05, 4.69) is 8.62 Å². The van der Waals surface area contributed by atoms with Crippen LogP contribution in [0.1, 0.15) is 79.1 Å². The maximum absolute atomic E-state index is 13.0. The summed E-state index contributed by atoms with van der Waals surface area (Å²) in [6, 6.07) is 0. The number of hydrogen-bond donors (Lipinski definition) is 3. The van der Waals surface area contributed by atoms with E-state index in [0.29, 0.717) is 0 Å². The Morgan fingerprint density at radius 2 is 1.13 bits per heavy atom. The van der Waals surface area contributed by atoms with Gasteiger partial charge in [0.1, 0.15) is 0 Å². The van der Waals surface area contributed by atoms with Gasteiger partial charge in [0.15, 0.2) is 0 Å². The van der Waals surface area contributed by atoms with Gasteiger partial charge < -0.3 is 14.7 Å². The van der Waals surface area contributed by atoms with Gasteiger partial charge in [-0.25, -0.2) is 13.7 Å². The van der Waals surface area contributed by atoms with Crippen molar-refractivity contribution in [3.63, 3.8) is 0 Å². The van der Waals surface area contributed by atoms with Gasteiger partial charge in [-0.3, -0.25) is 9.05 Å². The smallest absolute Gasteiger partial charge is 0.302 e. The van der Waals surface area contributed by atoms with Crippen molar-refractivity contribution in [2.75, 3.05) is 13.2 Å². The molecule has 0 rings (SSSR count). The van der Waals surface area contributed by atoms with Crippen LogP contribution in [0.3, 0.4) is 0 Å². The minimum Gasteiger partial charge on any atom is -0.302 e. The molecule has 3 atom stereocenters. The Balaban J connectivity index is 0. The van der Waals surface area contributed by atoms with E-state index in [1.807, 2.05) is 27.7 Å². The Morgan fingerprint density at radius 3 is 1.43 bits per heavy atom. The van der Waals surface area contributed by atoms with Gasteiger partial charge in [0.2, 0.25) is 0 Å². The van der Waals surface area contributed by atoms with Crippen LogP contribution in [0.2, 0.25) is 0 Å². The van der Waals surface area contributed by atoms with E-state index >= 15 is 0 Å². The molecule has 0 saturated heterocycles. The predicted molar refractivity (Wildman–Crippen MR) is 110 cm³/mol. The number of unbranched alkanes of at least 4 members (excludes halogenated alkanes) is 2. The topological polar surface area (TPSA) is 149 Å². The number of hydrogen-bond acceptors (Lipinski definition) is 7. The molecule has 3 N–H and O–H groups in total. The van der Waals surface area contributed by atoms with Crippen LogP contribution in [-0.2, 0) is 31.4 Å². The minimum atomic E-state index is -5.39. The maximum Gasteiger partial charge on any atom is 0.490 e. The van der Waals surface area contributed by atoms with Gasteiger partial charge >= 0.3 is 23.5 Å². The van der Waals surface area contributed by atoms with Gasteiger partial charge in [0, 0.05) is 35.6 Å². The molecule has 10 nitrogen and oxygen atoms in total. The summed E-state index contributed by atoms with van der Waals surface area (Å²) >= 11 is 0. The molecule has 14 heteroatoms. The van der Waals surface area contributed by atoms with E-state index in [0.717, 1.165) is 51.4 Å². The molecule has 0 spiro atoms. The molecule has 0 aliphatic carbocycles. The number of phosphoric acid groups is 3. The fourth-order valence-electron chi connectivity index (χ4n) is 2.55. The van der Waals surface area contributed by atoms with Gasteiger partial charge in [-0.1, -0.05) is 66.2 Å². The first kappa shape index (κ1) is 33.8. The molecule has 0 aliphatic heterocycles. The average Bonchev–Trinajstić information content (AvgIpc) is 2.59. The van der Waals surface area contributed by atoms with E-state index in [1.54, 1.807) is 0 Å². The van der Waals surface area contributed by atoms with Crippen molar-refractivity contribution in [3.8, 4) is 0 Å². The molecule has 0 aromatic heterocycles. The molecule has 0 amide bonds. The summed E-state index contributed by atoms with van der Waals surface area (Å²) in [7, 11) is -15.4. The second kappa shape index (κ2) is 17.1. The summed E-state index contributed by atoms with van der Waals surface area (Å²) in [5.41, 5.74) is 0. The summed E-state index contributed by atoms with van der Waals surface area (Å²) in [5.74, 6) is 0.0524. The zero-order valence-electron chi connectivity index (χ0n) is 18.3. The molecular weight excluding hydrogens is 584 g/mol. The van der Waals surface area contributed by atoms with Crippen molar-refractivity contribution in [3.05, 3.63) is 0 Å². The SMILES string of the molecule is CCCCC(CC)COP(=O)(OCC(CC)CCCC)OP(=O)(O)OP(=O)(O)O.[La]. The van der Waals surface area contributed by atoms with E-state index in [1.165, 1.54) is 0 Å².